The predicted octanol–water partition coefficient (Wildman–Crippen LogP) is 2.59. The van der Waals surface area contributed by atoms with Crippen LogP contribution in [0.4, 0.5) is 5.69 Å². The molecule has 94 valence electrons. The van der Waals surface area contributed by atoms with Crippen molar-refractivity contribution in [3.63, 3.8) is 0 Å². The monoisotopic (exact) mass is 258 g/mol. The van der Waals surface area contributed by atoms with E-state index < -0.39 is 22.1 Å². The molecule has 0 amide bonds. The largest absolute Gasteiger partial charge is 0.477 e. The fourth-order valence-corrected chi connectivity index (χ4v) is 1.97. The molecule has 0 fully saturated rings. The average molecular weight is 258 g/mol. The van der Waals surface area contributed by atoms with E-state index in [1.807, 2.05) is 0 Å². The second-order valence-electron chi connectivity index (χ2n) is 3.89. The summed E-state index contributed by atoms with van der Waals surface area (Å²) in [6.07, 6.45) is 1.53. The van der Waals surface area contributed by atoms with Crippen LogP contribution in [0.3, 0.4) is 0 Å². The van der Waals surface area contributed by atoms with E-state index in [1.165, 1.54) is 12.3 Å². The second kappa shape index (κ2) is 3.77. The Morgan fingerprint density at radius 2 is 2.16 bits per heavy atom. The first-order chi connectivity index (χ1) is 9.08. The second-order valence-corrected chi connectivity index (χ2v) is 3.89. The number of benzene rings is 1. The van der Waals surface area contributed by atoms with Crippen LogP contribution in [-0.4, -0.2) is 21.0 Å². The van der Waals surface area contributed by atoms with Gasteiger partial charge in [-0.25, -0.2) is 9.78 Å². The van der Waals surface area contributed by atoms with Gasteiger partial charge < -0.3 is 9.52 Å². The molecule has 7 heteroatoms. The zero-order valence-corrected chi connectivity index (χ0v) is 9.36. The molecular formula is C12H6N2O5. The molecule has 1 N–H and O–H groups in total. The Hall–Kier alpha value is -2.96. The summed E-state index contributed by atoms with van der Waals surface area (Å²) in [6.45, 7) is 0. The third kappa shape index (κ3) is 1.60. The van der Waals surface area contributed by atoms with Crippen LogP contribution in [0.1, 0.15) is 10.4 Å². The average Bonchev–Trinajstić information content (AvgIpc) is 2.74. The summed E-state index contributed by atoms with van der Waals surface area (Å²) < 4.78 is 5.38. The van der Waals surface area contributed by atoms with E-state index in [2.05, 4.69) is 4.98 Å². The molecule has 3 aromatic rings. The smallest absolute Gasteiger partial charge is 0.342 e. The molecule has 2 aromatic heterocycles. The van der Waals surface area contributed by atoms with Crippen molar-refractivity contribution in [2.45, 2.75) is 0 Å². The predicted molar refractivity (Wildman–Crippen MR) is 65.1 cm³/mol. The minimum atomic E-state index is -1.37. The lowest BCUT2D eigenvalue weighted by Crippen LogP contribution is -2.02. The maximum absolute atomic E-state index is 11.0. The highest BCUT2D eigenvalue weighted by molar-refractivity contribution is 6.07. The quantitative estimate of drug-likeness (QED) is 0.559. The van der Waals surface area contributed by atoms with E-state index in [0.29, 0.717) is 16.5 Å². The number of nitro benzene ring substituents is 1. The zero-order chi connectivity index (χ0) is 13.6. The zero-order valence-electron chi connectivity index (χ0n) is 9.36. The molecular weight excluding hydrogens is 252 g/mol. The van der Waals surface area contributed by atoms with E-state index in [4.69, 9.17) is 9.52 Å². The van der Waals surface area contributed by atoms with E-state index in [1.54, 1.807) is 12.1 Å². The lowest BCUT2D eigenvalue weighted by atomic mass is 10.1. The van der Waals surface area contributed by atoms with Gasteiger partial charge in [-0.1, -0.05) is 0 Å². The highest BCUT2D eigenvalue weighted by atomic mass is 16.6. The van der Waals surface area contributed by atoms with Crippen molar-refractivity contribution in [1.29, 1.82) is 0 Å². The van der Waals surface area contributed by atoms with E-state index >= 15 is 0 Å². The lowest BCUT2D eigenvalue weighted by molar-refractivity contribution is -0.385. The highest BCUT2D eigenvalue weighted by Gasteiger charge is 2.23. The molecule has 3 rings (SSSR count). The molecule has 0 saturated heterocycles. The van der Waals surface area contributed by atoms with Gasteiger partial charge in [0, 0.05) is 29.1 Å². The Kier molecular flexibility index (Phi) is 2.21. The van der Waals surface area contributed by atoms with Gasteiger partial charge in [0.25, 0.3) is 5.69 Å². The van der Waals surface area contributed by atoms with Gasteiger partial charge in [-0.05, 0) is 12.1 Å². The Bertz CT molecular complexity index is 837. The summed E-state index contributed by atoms with van der Waals surface area (Å²) in [5, 5.41) is 21.0. The first kappa shape index (κ1) is 11.1. The Morgan fingerprint density at radius 1 is 1.37 bits per heavy atom. The van der Waals surface area contributed by atoms with Gasteiger partial charge in [-0.15, -0.1) is 0 Å². The van der Waals surface area contributed by atoms with Crippen molar-refractivity contribution < 1.29 is 19.2 Å². The molecule has 1 aromatic carbocycles. The van der Waals surface area contributed by atoms with Crippen molar-refractivity contribution in [3.8, 4) is 0 Å². The first-order valence-electron chi connectivity index (χ1n) is 5.27. The number of hydrogen-bond acceptors (Lipinski definition) is 5. The summed E-state index contributed by atoms with van der Waals surface area (Å²) >= 11 is 0. The molecule has 0 atom stereocenters. The number of carboxylic acids is 1. The number of carbonyl (C=O) groups is 1. The van der Waals surface area contributed by atoms with Crippen molar-refractivity contribution in [3.05, 3.63) is 46.1 Å². The fraction of sp³-hybridized carbons (Fsp3) is 0. The summed E-state index contributed by atoms with van der Waals surface area (Å²) in [5.74, 6) is -1.37. The van der Waals surface area contributed by atoms with Crippen LogP contribution in [0.15, 0.2) is 34.9 Å². The number of nitrogens with zero attached hydrogens (tertiary/aromatic N) is 2. The molecule has 0 spiro atoms. The van der Waals surface area contributed by atoms with Gasteiger partial charge in [0.1, 0.15) is 11.1 Å². The van der Waals surface area contributed by atoms with Crippen LogP contribution in [0.5, 0.6) is 0 Å². The molecule has 0 aliphatic rings. The third-order valence-electron chi connectivity index (χ3n) is 2.79. The van der Waals surface area contributed by atoms with Crippen molar-refractivity contribution >= 4 is 33.7 Å². The minimum absolute atomic E-state index is 0.261. The Balaban J connectivity index is 2.46. The number of nitro groups is 1. The number of furan rings is 1. The fourth-order valence-electron chi connectivity index (χ4n) is 1.97. The van der Waals surface area contributed by atoms with Gasteiger partial charge >= 0.3 is 5.97 Å². The number of aromatic carboxylic acids is 1. The minimum Gasteiger partial charge on any atom is -0.477 e. The van der Waals surface area contributed by atoms with E-state index in [9.17, 15) is 14.9 Å². The number of hydrogen-bond donors (Lipinski definition) is 1. The van der Waals surface area contributed by atoms with Crippen molar-refractivity contribution in [1.82, 2.24) is 4.98 Å². The van der Waals surface area contributed by atoms with Crippen LogP contribution in [-0.2, 0) is 0 Å². The lowest BCUT2D eigenvalue weighted by Gasteiger charge is -1.97. The number of fused-ring (bicyclic) bond motifs is 3. The third-order valence-corrected chi connectivity index (χ3v) is 2.79. The molecule has 19 heavy (non-hydrogen) atoms. The van der Waals surface area contributed by atoms with Gasteiger partial charge in [-0.2, -0.15) is 0 Å². The number of pyridine rings is 1. The first-order valence-corrected chi connectivity index (χ1v) is 5.27. The van der Waals surface area contributed by atoms with Crippen LogP contribution >= 0.6 is 0 Å². The molecule has 7 nitrogen and oxygen atoms in total. The Morgan fingerprint density at radius 3 is 2.84 bits per heavy atom. The van der Waals surface area contributed by atoms with Gasteiger partial charge in [0.2, 0.25) is 5.71 Å². The molecule has 0 bridgehead atoms. The van der Waals surface area contributed by atoms with Gasteiger partial charge in [0.15, 0.2) is 0 Å². The van der Waals surface area contributed by atoms with Crippen LogP contribution in [0.25, 0.3) is 22.1 Å². The van der Waals surface area contributed by atoms with Crippen LogP contribution < -0.4 is 0 Å². The van der Waals surface area contributed by atoms with Crippen LogP contribution in [0, 0.1) is 10.1 Å². The molecule has 2 heterocycles. The molecule has 0 unspecified atom stereocenters. The van der Waals surface area contributed by atoms with E-state index in [-0.39, 0.29) is 5.58 Å². The molecule has 0 radical (unpaired) electrons. The number of carboxylic acid groups (broad SMARTS) is 1. The van der Waals surface area contributed by atoms with Crippen molar-refractivity contribution in [2.75, 3.05) is 0 Å². The molecule has 0 aliphatic carbocycles. The standard InChI is InChI=1S/C12H6N2O5/c15-12(16)8-5-10-7(4-9(8)14(17)18)6-2-1-3-13-11(6)19-10/h1-5H,(H,15,16). The SMILES string of the molecule is O=C(O)c1cc2oc3ncccc3c2cc1[N+](=O)[O-]. The van der Waals surface area contributed by atoms with E-state index in [0.717, 1.165) is 6.07 Å². The number of rotatable bonds is 2. The normalized spacial score (nSPS) is 10.9. The maximum atomic E-state index is 11.0. The molecule has 0 aliphatic heterocycles. The van der Waals surface area contributed by atoms with Crippen molar-refractivity contribution in [2.24, 2.45) is 0 Å². The van der Waals surface area contributed by atoms with Crippen LogP contribution in [0.2, 0.25) is 0 Å². The van der Waals surface area contributed by atoms with Gasteiger partial charge in [0.05, 0.1) is 4.92 Å². The topological polar surface area (TPSA) is 106 Å². The van der Waals surface area contributed by atoms with Gasteiger partial charge in [-0.3, -0.25) is 10.1 Å². The summed E-state index contributed by atoms with van der Waals surface area (Å²) in [7, 11) is 0. The summed E-state index contributed by atoms with van der Waals surface area (Å²) in [4.78, 5) is 25.2. The Labute approximate surface area is 105 Å². The number of aromatic nitrogens is 1. The summed E-state index contributed by atoms with van der Waals surface area (Å²) in [5.41, 5.74) is -0.297. The summed E-state index contributed by atoms with van der Waals surface area (Å²) in [6, 6.07) is 5.73. The maximum Gasteiger partial charge on any atom is 0.342 e. The highest BCUT2D eigenvalue weighted by Crippen LogP contribution is 2.32. The molecule has 0 saturated carbocycles.